The van der Waals surface area contributed by atoms with Crippen LogP contribution in [-0.2, 0) is 0 Å². The molecule has 0 N–H and O–H groups in total. The second-order valence-corrected chi connectivity index (χ2v) is 5.56. The lowest BCUT2D eigenvalue weighted by Crippen LogP contribution is -2.03. The number of carbonyl (C=O) groups is 1. The van der Waals surface area contributed by atoms with Gasteiger partial charge in [-0.15, -0.1) is 0 Å². The molecule has 0 aliphatic heterocycles. The Bertz CT molecular complexity index is 901. The van der Waals surface area contributed by atoms with E-state index in [-0.39, 0.29) is 11.5 Å². The molecule has 0 heterocycles. The average molecular weight is 350 g/mol. The van der Waals surface area contributed by atoms with Crippen molar-refractivity contribution < 1.29 is 18.3 Å². The van der Waals surface area contributed by atoms with Crippen molar-refractivity contribution in [3.05, 3.63) is 96.1 Å². The molecule has 130 valence electrons. The van der Waals surface area contributed by atoms with Gasteiger partial charge in [-0.3, -0.25) is 4.79 Å². The van der Waals surface area contributed by atoms with Gasteiger partial charge < -0.3 is 4.74 Å². The van der Waals surface area contributed by atoms with Crippen LogP contribution in [0.2, 0.25) is 0 Å². The van der Waals surface area contributed by atoms with E-state index in [1.807, 2.05) is 42.5 Å². The minimum absolute atomic E-state index is 0.0333. The van der Waals surface area contributed by atoms with Crippen LogP contribution in [0.4, 0.5) is 8.78 Å². The van der Waals surface area contributed by atoms with Crippen LogP contribution in [-0.4, -0.2) is 12.4 Å². The first kappa shape index (κ1) is 17.5. The van der Waals surface area contributed by atoms with Gasteiger partial charge >= 0.3 is 6.61 Å². The molecule has 0 amide bonds. The molecule has 4 heteroatoms. The van der Waals surface area contributed by atoms with Crippen molar-refractivity contribution >= 4 is 11.9 Å². The summed E-state index contributed by atoms with van der Waals surface area (Å²) < 4.78 is 29.3. The van der Waals surface area contributed by atoms with Gasteiger partial charge in [0.15, 0.2) is 5.78 Å². The summed E-state index contributed by atoms with van der Waals surface area (Å²) in [5.41, 5.74) is 3.03. The van der Waals surface area contributed by atoms with E-state index >= 15 is 0 Å². The third-order valence-electron chi connectivity index (χ3n) is 3.83. The molecule has 0 saturated carbocycles. The summed E-state index contributed by atoms with van der Waals surface area (Å²) in [5.74, 6) is -0.178. The fourth-order valence-electron chi connectivity index (χ4n) is 2.54. The third-order valence-corrected chi connectivity index (χ3v) is 3.83. The highest BCUT2D eigenvalue weighted by Gasteiger charge is 2.08. The molecule has 0 fully saturated rings. The SMILES string of the molecule is O=C(/C=C/c1ccccc1OC(F)F)c1ccc(-c2ccccc2)cc1. The Morgan fingerprint density at radius 3 is 2.12 bits per heavy atom. The van der Waals surface area contributed by atoms with E-state index < -0.39 is 6.61 Å². The number of rotatable bonds is 6. The van der Waals surface area contributed by atoms with Gasteiger partial charge in [-0.2, -0.15) is 8.78 Å². The summed E-state index contributed by atoms with van der Waals surface area (Å²) in [6.07, 6.45) is 2.83. The quantitative estimate of drug-likeness (QED) is 0.412. The van der Waals surface area contributed by atoms with Crippen molar-refractivity contribution in [1.82, 2.24) is 0 Å². The number of ether oxygens (including phenoxy) is 1. The van der Waals surface area contributed by atoms with Crippen molar-refractivity contribution in [3.8, 4) is 16.9 Å². The standard InChI is InChI=1S/C22H16F2O2/c23-22(24)26-21-9-5-4-8-19(21)14-15-20(25)18-12-10-17(11-13-18)16-6-2-1-3-7-16/h1-15,22H/b15-14+. The van der Waals surface area contributed by atoms with Crippen molar-refractivity contribution in [2.45, 2.75) is 6.61 Å². The van der Waals surface area contributed by atoms with E-state index in [0.717, 1.165) is 11.1 Å². The van der Waals surface area contributed by atoms with E-state index in [9.17, 15) is 13.6 Å². The minimum atomic E-state index is -2.91. The summed E-state index contributed by atoms with van der Waals surface area (Å²) >= 11 is 0. The average Bonchev–Trinajstić information content (AvgIpc) is 2.67. The van der Waals surface area contributed by atoms with Crippen molar-refractivity contribution in [2.24, 2.45) is 0 Å². The number of ketones is 1. The summed E-state index contributed by atoms with van der Waals surface area (Å²) in [4.78, 5) is 12.3. The van der Waals surface area contributed by atoms with E-state index in [4.69, 9.17) is 0 Å². The zero-order valence-electron chi connectivity index (χ0n) is 13.8. The predicted molar refractivity (Wildman–Crippen MR) is 98.3 cm³/mol. The van der Waals surface area contributed by atoms with Gasteiger partial charge in [-0.25, -0.2) is 0 Å². The van der Waals surface area contributed by atoms with E-state index in [0.29, 0.717) is 11.1 Å². The lowest BCUT2D eigenvalue weighted by molar-refractivity contribution is -0.0499. The molecular weight excluding hydrogens is 334 g/mol. The predicted octanol–water partition coefficient (Wildman–Crippen LogP) is 5.85. The largest absolute Gasteiger partial charge is 0.434 e. The Balaban J connectivity index is 1.75. The first-order valence-electron chi connectivity index (χ1n) is 8.05. The Hall–Kier alpha value is -3.27. The maximum atomic E-state index is 12.4. The fraction of sp³-hybridized carbons (Fsp3) is 0.0455. The van der Waals surface area contributed by atoms with Crippen LogP contribution in [0.25, 0.3) is 17.2 Å². The van der Waals surface area contributed by atoms with Gasteiger partial charge in [0.2, 0.25) is 0 Å². The van der Waals surface area contributed by atoms with Gasteiger partial charge in [0.1, 0.15) is 5.75 Å². The second-order valence-electron chi connectivity index (χ2n) is 5.56. The number of carbonyl (C=O) groups excluding carboxylic acids is 1. The molecule has 0 radical (unpaired) electrons. The molecule has 0 unspecified atom stereocenters. The highest BCUT2D eigenvalue weighted by molar-refractivity contribution is 6.07. The maximum absolute atomic E-state index is 12.4. The number of benzene rings is 3. The molecule has 3 aromatic rings. The summed E-state index contributed by atoms with van der Waals surface area (Å²) in [7, 11) is 0. The topological polar surface area (TPSA) is 26.3 Å². The smallest absolute Gasteiger partial charge is 0.387 e. The third kappa shape index (κ3) is 4.42. The number of halogens is 2. The first-order valence-corrected chi connectivity index (χ1v) is 8.05. The number of alkyl halides is 2. The summed E-state index contributed by atoms with van der Waals surface area (Å²) in [5, 5.41) is 0. The molecule has 0 atom stereocenters. The molecule has 0 spiro atoms. The van der Waals surface area contributed by atoms with Crippen LogP contribution in [0, 0.1) is 0 Å². The maximum Gasteiger partial charge on any atom is 0.387 e. The van der Waals surface area contributed by atoms with Crippen molar-refractivity contribution in [1.29, 1.82) is 0 Å². The molecule has 0 saturated heterocycles. The fourth-order valence-corrected chi connectivity index (χ4v) is 2.54. The van der Waals surface area contributed by atoms with Gasteiger partial charge in [0, 0.05) is 11.1 Å². The normalized spacial score (nSPS) is 11.0. The monoisotopic (exact) mass is 350 g/mol. The van der Waals surface area contributed by atoms with Gasteiger partial charge in [0.05, 0.1) is 0 Å². The molecule has 0 bridgehead atoms. The Labute approximate surface area is 150 Å². The van der Waals surface area contributed by atoms with Crippen LogP contribution in [0.1, 0.15) is 15.9 Å². The molecule has 0 aromatic heterocycles. The van der Waals surface area contributed by atoms with Gasteiger partial charge in [-0.05, 0) is 29.3 Å². The minimum Gasteiger partial charge on any atom is -0.434 e. The van der Waals surface area contributed by atoms with Crippen molar-refractivity contribution in [2.75, 3.05) is 0 Å². The number of hydrogen-bond donors (Lipinski definition) is 0. The van der Waals surface area contributed by atoms with Crippen LogP contribution in [0.15, 0.2) is 84.9 Å². The highest BCUT2D eigenvalue weighted by Crippen LogP contribution is 2.22. The highest BCUT2D eigenvalue weighted by atomic mass is 19.3. The second kappa shape index (κ2) is 8.21. The lowest BCUT2D eigenvalue weighted by atomic mass is 10.0. The number of allylic oxidation sites excluding steroid dienone is 1. The Kier molecular flexibility index (Phi) is 5.54. The van der Waals surface area contributed by atoms with Crippen LogP contribution in [0.3, 0.4) is 0 Å². The Morgan fingerprint density at radius 1 is 0.808 bits per heavy atom. The van der Waals surface area contributed by atoms with Gasteiger partial charge in [-0.1, -0.05) is 72.8 Å². The summed E-state index contributed by atoms with van der Waals surface area (Å²) in [6, 6.07) is 23.4. The molecule has 0 aliphatic rings. The van der Waals surface area contributed by atoms with Crippen LogP contribution >= 0.6 is 0 Å². The number of hydrogen-bond acceptors (Lipinski definition) is 2. The zero-order chi connectivity index (χ0) is 18.4. The molecular formula is C22H16F2O2. The van der Waals surface area contributed by atoms with E-state index in [1.54, 1.807) is 30.3 Å². The Morgan fingerprint density at radius 2 is 1.42 bits per heavy atom. The van der Waals surface area contributed by atoms with E-state index in [2.05, 4.69) is 4.74 Å². The first-order chi connectivity index (χ1) is 12.6. The summed E-state index contributed by atoms with van der Waals surface area (Å²) in [6.45, 7) is -2.91. The molecule has 0 aliphatic carbocycles. The number of para-hydroxylation sites is 1. The van der Waals surface area contributed by atoms with Crippen LogP contribution in [0.5, 0.6) is 5.75 Å². The molecule has 3 aromatic carbocycles. The van der Waals surface area contributed by atoms with E-state index in [1.165, 1.54) is 18.2 Å². The molecule has 3 rings (SSSR count). The van der Waals surface area contributed by atoms with Crippen molar-refractivity contribution in [3.63, 3.8) is 0 Å². The lowest BCUT2D eigenvalue weighted by Gasteiger charge is -2.07. The van der Waals surface area contributed by atoms with Crippen LogP contribution < -0.4 is 4.74 Å². The van der Waals surface area contributed by atoms with Gasteiger partial charge in [0.25, 0.3) is 0 Å². The zero-order valence-corrected chi connectivity index (χ0v) is 13.8. The molecule has 26 heavy (non-hydrogen) atoms. The molecule has 2 nitrogen and oxygen atoms in total.